The van der Waals surface area contributed by atoms with Gasteiger partial charge in [0.05, 0.1) is 11.3 Å². The van der Waals surface area contributed by atoms with E-state index in [1.165, 1.54) is 0 Å². The van der Waals surface area contributed by atoms with E-state index >= 15 is 0 Å². The predicted octanol–water partition coefficient (Wildman–Crippen LogP) is 3.58. The molecule has 0 radical (unpaired) electrons. The topological polar surface area (TPSA) is 53.3 Å². The Labute approximate surface area is 149 Å². The van der Waals surface area contributed by atoms with E-state index in [9.17, 15) is 10.1 Å². The van der Waals surface area contributed by atoms with Gasteiger partial charge >= 0.3 is 0 Å². The van der Waals surface area contributed by atoms with Crippen molar-refractivity contribution in [2.24, 2.45) is 0 Å². The standard InChI is InChI=1S/C21H24N2O2/c1-14(2)15-5-6-16-12-19(24)18(13-22)20(17(16)11-15)23-9-7-21(3,25-4)8-10-23/h5-6,11H,1,7-10,12H2,2-4H3. The second-order valence-electron chi connectivity index (χ2n) is 7.23. The third kappa shape index (κ3) is 3.12. The average molecular weight is 336 g/mol. The number of ether oxygens (including phenoxy) is 1. The second-order valence-corrected chi connectivity index (χ2v) is 7.23. The van der Waals surface area contributed by atoms with E-state index in [1.54, 1.807) is 7.11 Å². The number of allylic oxidation sites excluding steroid dienone is 2. The summed E-state index contributed by atoms with van der Waals surface area (Å²) in [5.74, 6) is -0.0897. The number of rotatable bonds is 3. The van der Waals surface area contributed by atoms with Gasteiger partial charge in [-0.1, -0.05) is 24.3 Å². The Balaban J connectivity index is 2.07. The fourth-order valence-corrected chi connectivity index (χ4v) is 3.60. The zero-order chi connectivity index (χ0) is 18.2. The maximum Gasteiger partial charge on any atom is 0.179 e. The largest absolute Gasteiger partial charge is 0.378 e. The van der Waals surface area contributed by atoms with Gasteiger partial charge in [-0.2, -0.15) is 5.26 Å². The third-order valence-corrected chi connectivity index (χ3v) is 5.47. The molecule has 0 saturated carbocycles. The van der Waals surface area contributed by atoms with E-state index < -0.39 is 0 Å². The number of hydrogen-bond acceptors (Lipinski definition) is 4. The van der Waals surface area contributed by atoms with Gasteiger partial charge in [-0.15, -0.1) is 0 Å². The van der Waals surface area contributed by atoms with Crippen LogP contribution >= 0.6 is 0 Å². The summed E-state index contributed by atoms with van der Waals surface area (Å²) in [5.41, 5.74) is 4.94. The van der Waals surface area contributed by atoms with E-state index in [1.807, 2.05) is 19.1 Å². The summed E-state index contributed by atoms with van der Waals surface area (Å²) in [6, 6.07) is 8.23. The van der Waals surface area contributed by atoms with Crippen LogP contribution in [0.3, 0.4) is 0 Å². The van der Waals surface area contributed by atoms with Crippen LogP contribution in [-0.2, 0) is 16.0 Å². The summed E-state index contributed by atoms with van der Waals surface area (Å²) in [6.45, 7) is 9.64. The number of hydrogen-bond donors (Lipinski definition) is 0. The quantitative estimate of drug-likeness (QED) is 0.846. The van der Waals surface area contributed by atoms with E-state index in [4.69, 9.17) is 4.74 Å². The predicted molar refractivity (Wildman–Crippen MR) is 98.6 cm³/mol. The summed E-state index contributed by atoms with van der Waals surface area (Å²) >= 11 is 0. The van der Waals surface area contributed by atoms with Crippen LogP contribution in [-0.4, -0.2) is 36.5 Å². The lowest BCUT2D eigenvalue weighted by molar-refractivity contribution is -0.114. The molecule has 1 aliphatic carbocycles. The maximum atomic E-state index is 12.5. The van der Waals surface area contributed by atoms with Gasteiger partial charge in [-0.25, -0.2) is 0 Å². The second kappa shape index (κ2) is 6.50. The molecule has 2 aliphatic rings. The van der Waals surface area contributed by atoms with Gasteiger partial charge in [0, 0.05) is 32.2 Å². The van der Waals surface area contributed by atoms with Crippen molar-refractivity contribution in [2.45, 2.75) is 38.7 Å². The molecule has 0 amide bonds. The lowest BCUT2D eigenvalue weighted by Gasteiger charge is -2.41. The molecule has 25 heavy (non-hydrogen) atoms. The Morgan fingerprint density at radius 1 is 1.36 bits per heavy atom. The summed E-state index contributed by atoms with van der Waals surface area (Å²) < 4.78 is 5.62. The molecule has 1 fully saturated rings. The Bertz CT molecular complexity index is 806. The van der Waals surface area contributed by atoms with Gasteiger partial charge in [0.1, 0.15) is 11.6 Å². The number of methoxy groups -OCH3 is 1. The fourth-order valence-electron chi connectivity index (χ4n) is 3.60. The molecule has 4 heteroatoms. The van der Waals surface area contributed by atoms with Crippen LogP contribution < -0.4 is 0 Å². The number of fused-ring (bicyclic) bond motifs is 1. The first kappa shape index (κ1) is 17.4. The van der Waals surface area contributed by atoms with Crippen molar-refractivity contribution in [3.63, 3.8) is 0 Å². The van der Waals surface area contributed by atoms with Crippen LogP contribution in [0.4, 0.5) is 0 Å². The van der Waals surface area contributed by atoms with Gasteiger partial charge in [-0.05, 0) is 43.9 Å². The van der Waals surface area contributed by atoms with Crippen molar-refractivity contribution in [2.75, 3.05) is 20.2 Å². The number of nitrogens with zero attached hydrogens (tertiary/aromatic N) is 2. The molecule has 0 spiro atoms. The molecule has 1 aromatic carbocycles. The Hall–Kier alpha value is -2.38. The Morgan fingerprint density at radius 3 is 2.60 bits per heavy atom. The molecule has 0 N–H and O–H groups in total. The number of piperidine rings is 1. The van der Waals surface area contributed by atoms with Crippen LogP contribution in [0.15, 0.2) is 30.4 Å². The van der Waals surface area contributed by atoms with Crippen molar-refractivity contribution in [3.05, 3.63) is 47.0 Å². The molecule has 0 aromatic heterocycles. The molecular weight excluding hydrogens is 312 g/mol. The van der Waals surface area contributed by atoms with E-state index in [0.29, 0.717) is 6.42 Å². The lowest BCUT2D eigenvalue weighted by Crippen LogP contribution is -2.43. The van der Waals surface area contributed by atoms with Crippen LogP contribution in [0, 0.1) is 11.3 Å². The van der Waals surface area contributed by atoms with E-state index in [2.05, 4.69) is 30.5 Å². The third-order valence-electron chi connectivity index (χ3n) is 5.47. The smallest absolute Gasteiger partial charge is 0.179 e. The van der Waals surface area contributed by atoms with Gasteiger partial charge in [0.2, 0.25) is 0 Å². The molecule has 1 heterocycles. The minimum atomic E-state index is -0.134. The summed E-state index contributed by atoms with van der Waals surface area (Å²) in [4.78, 5) is 14.7. The SMILES string of the molecule is C=C(C)c1ccc2c(c1)C(N1CCC(C)(OC)CC1)=C(C#N)C(=O)C2. The monoisotopic (exact) mass is 336 g/mol. The summed E-state index contributed by atoms with van der Waals surface area (Å²) in [5, 5.41) is 9.62. The van der Waals surface area contributed by atoms with E-state index in [-0.39, 0.29) is 17.0 Å². The van der Waals surface area contributed by atoms with Crippen molar-refractivity contribution in [1.29, 1.82) is 5.26 Å². The van der Waals surface area contributed by atoms with Crippen molar-refractivity contribution in [1.82, 2.24) is 4.90 Å². The molecule has 1 aliphatic heterocycles. The summed E-state index contributed by atoms with van der Waals surface area (Å²) in [7, 11) is 1.74. The Morgan fingerprint density at radius 2 is 2.04 bits per heavy atom. The molecule has 3 rings (SSSR count). The van der Waals surface area contributed by atoms with Crippen molar-refractivity contribution < 1.29 is 9.53 Å². The number of carbonyl (C=O) groups is 1. The highest BCUT2D eigenvalue weighted by Crippen LogP contribution is 2.37. The molecule has 1 aromatic rings. The van der Waals surface area contributed by atoms with Gasteiger partial charge < -0.3 is 9.64 Å². The van der Waals surface area contributed by atoms with Gasteiger partial charge in [0.25, 0.3) is 0 Å². The first-order valence-corrected chi connectivity index (χ1v) is 8.65. The molecule has 0 bridgehead atoms. The van der Waals surface area contributed by atoms with E-state index in [0.717, 1.165) is 53.9 Å². The minimum absolute atomic E-state index is 0.0897. The lowest BCUT2D eigenvalue weighted by atomic mass is 9.84. The normalized spacial score (nSPS) is 19.4. The van der Waals surface area contributed by atoms with Crippen LogP contribution in [0.5, 0.6) is 0 Å². The number of ketones is 1. The number of carbonyl (C=O) groups excluding carboxylic acids is 1. The minimum Gasteiger partial charge on any atom is -0.378 e. The molecule has 130 valence electrons. The number of Topliss-reactive ketones (excluding diaryl/α,β-unsaturated/α-hetero) is 1. The highest BCUT2D eigenvalue weighted by molar-refractivity contribution is 6.10. The molecule has 4 nitrogen and oxygen atoms in total. The first-order valence-electron chi connectivity index (χ1n) is 8.65. The zero-order valence-corrected chi connectivity index (χ0v) is 15.2. The number of benzene rings is 1. The van der Waals surface area contributed by atoms with Gasteiger partial charge in [0.15, 0.2) is 5.78 Å². The highest BCUT2D eigenvalue weighted by Gasteiger charge is 2.35. The highest BCUT2D eigenvalue weighted by atomic mass is 16.5. The first-order chi connectivity index (χ1) is 11.9. The molecule has 0 atom stereocenters. The van der Waals surface area contributed by atoms with Crippen LogP contribution in [0.25, 0.3) is 11.3 Å². The van der Waals surface area contributed by atoms with Crippen LogP contribution in [0.2, 0.25) is 0 Å². The number of nitriles is 1. The molecular formula is C21H24N2O2. The van der Waals surface area contributed by atoms with Crippen molar-refractivity contribution >= 4 is 17.1 Å². The number of likely N-dealkylation sites (tertiary alicyclic amines) is 1. The average Bonchev–Trinajstić information content (AvgIpc) is 2.61. The van der Waals surface area contributed by atoms with Gasteiger partial charge in [-0.3, -0.25) is 4.79 Å². The fraction of sp³-hybridized carbons (Fsp3) is 0.429. The maximum absolute atomic E-state index is 12.5. The molecule has 0 unspecified atom stereocenters. The zero-order valence-electron chi connectivity index (χ0n) is 15.2. The van der Waals surface area contributed by atoms with Crippen molar-refractivity contribution in [3.8, 4) is 6.07 Å². The van der Waals surface area contributed by atoms with Crippen LogP contribution in [0.1, 0.15) is 43.4 Å². The summed E-state index contributed by atoms with van der Waals surface area (Å²) in [6.07, 6.45) is 2.03. The molecule has 1 saturated heterocycles. The Kier molecular flexibility index (Phi) is 4.53.